The van der Waals surface area contributed by atoms with Gasteiger partial charge in [0.2, 0.25) is 5.78 Å². The highest BCUT2D eigenvalue weighted by atomic mass is 16.3. The lowest BCUT2D eigenvalue weighted by Crippen LogP contribution is -2.05. The van der Waals surface area contributed by atoms with Crippen LogP contribution < -0.4 is 0 Å². The molecule has 2 aromatic heterocycles. The van der Waals surface area contributed by atoms with Crippen LogP contribution in [0.5, 0.6) is 0 Å². The highest BCUT2D eigenvalue weighted by Gasteiger charge is 2.16. The minimum Gasteiger partial charge on any atom is -0.461 e. The lowest BCUT2D eigenvalue weighted by molar-refractivity contribution is 0.100. The van der Waals surface area contributed by atoms with Gasteiger partial charge in [0.05, 0.1) is 12.0 Å². The van der Waals surface area contributed by atoms with E-state index >= 15 is 0 Å². The smallest absolute Gasteiger partial charge is 0.244 e. The third-order valence-corrected chi connectivity index (χ3v) is 2.93. The maximum atomic E-state index is 12.2. The topological polar surface area (TPSA) is 35.1 Å². The van der Waals surface area contributed by atoms with Crippen LogP contribution >= 0.6 is 0 Å². The van der Waals surface area contributed by atoms with E-state index in [-0.39, 0.29) is 5.78 Å². The van der Waals surface area contributed by atoms with Crippen LogP contribution in [-0.4, -0.2) is 10.4 Å². The summed E-state index contributed by atoms with van der Waals surface area (Å²) in [7, 11) is 1.89. The Morgan fingerprint density at radius 3 is 2.71 bits per heavy atom. The zero-order valence-electron chi connectivity index (χ0n) is 9.38. The summed E-state index contributed by atoms with van der Waals surface area (Å²) in [6.07, 6.45) is 1.51. The van der Waals surface area contributed by atoms with Crippen molar-refractivity contribution in [2.24, 2.45) is 7.05 Å². The molecule has 17 heavy (non-hydrogen) atoms. The molecule has 3 nitrogen and oxygen atoms in total. The molecule has 0 spiro atoms. The molecule has 0 saturated carbocycles. The maximum absolute atomic E-state index is 12.2. The molecule has 0 aliphatic heterocycles. The first-order valence-electron chi connectivity index (χ1n) is 5.40. The van der Waals surface area contributed by atoms with Crippen molar-refractivity contribution >= 4 is 16.7 Å². The molecule has 3 rings (SSSR count). The number of para-hydroxylation sites is 1. The van der Waals surface area contributed by atoms with Crippen LogP contribution in [0, 0.1) is 0 Å². The second-order valence-corrected chi connectivity index (χ2v) is 3.95. The molecule has 1 aromatic carbocycles. The van der Waals surface area contributed by atoms with Crippen molar-refractivity contribution in [2.45, 2.75) is 0 Å². The number of hydrogen-bond donors (Lipinski definition) is 0. The number of aromatic nitrogens is 1. The van der Waals surface area contributed by atoms with Gasteiger partial charge in [-0.3, -0.25) is 4.79 Å². The fraction of sp³-hybridized carbons (Fsp3) is 0.0714. The van der Waals surface area contributed by atoms with Gasteiger partial charge < -0.3 is 8.98 Å². The van der Waals surface area contributed by atoms with Crippen LogP contribution in [0.15, 0.2) is 53.1 Å². The number of fused-ring (bicyclic) bond motifs is 1. The number of benzene rings is 1. The Hall–Kier alpha value is -2.29. The molecule has 0 fully saturated rings. The molecular weight excluding hydrogens is 214 g/mol. The monoisotopic (exact) mass is 225 g/mol. The standard InChI is InChI=1S/C14H11NO2/c1-15-11-6-3-2-5-10(11)9-12(15)14(16)13-7-4-8-17-13/h2-9H,1H3. The van der Waals surface area contributed by atoms with Gasteiger partial charge in [-0.2, -0.15) is 0 Å². The van der Waals surface area contributed by atoms with E-state index in [1.165, 1.54) is 6.26 Å². The molecule has 3 aromatic rings. The second-order valence-electron chi connectivity index (χ2n) is 3.95. The molecule has 3 heteroatoms. The van der Waals surface area contributed by atoms with Crippen molar-refractivity contribution in [3.63, 3.8) is 0 Å². The molecular formula is C14H11NO2. The Bertz CT molecular complexity index is 677. The summed E-state index contributed by atoms with van der Waals surface area (Å²) < 4.78 is 7.03. The molecule has 0 bridgehead atoms. The molecule has 0 unspecified atom stereocenters. The minimum absolute atomic E-state index is 0.0892. The summed E-state index contributed by atoms with van der Waals surface area (Å²) in [5, 5.41) is 1.06. The summed E-state index contributed by atoms with van der Waals surface area (Å²) >= 11 is 0. The van der Waals surface area contributed by atoms with E-state index in [9.17, 15) is 4.79 Å². The molecule has 0 N–H and O–H groups in total. The highest BCUT2D eigenvalue weighted by Crippen LogP contribution is 2.20. The van der Waals surface area contributed by atoms with Gasteiger partial charge in [0.1, 0.15) is 0 Å². The second kappa shape index (κ2) is 3.63. The van der Waals surface area contributed by atoms with Crippen molar-refractivity contribution in [1.29, 1.82) is 0 Å². The Labute approximate surface area is 98.3 Å². The number of nitrogens with zero attached hydrogens (tertiary/aromatic N) is 1. The van der Waals surface area contributed by atoms with Gasteiger partial charge in [0, 0.05) is 18.0 Å². The number of furan rings is 1. The Morgan fingerprint density at radius 2 is 2.00 bits per heavy atom. The first-order chi connectivity index (χ1) is 8.27. The van der Waals surface area contributed by atoms with E-state index in [0.717, 1.165) is 10.9 Å². The fourth-order valence-corrected chi connectivity index (χ4v) is 2.04. The summed E-state index contributed by atoms with van der Waals surface area (Å²) in [6.45, 7) is 0. The van der Waals surface area contributed by atoms with E-state index in [1.807, 2.05) is 41.9 Å². The van der Waals surface area contributed by atoms with Gasteiger partial charge in [0.25, 0.3) is 0 Å². The largest absolute Gasteiger partial charge is 0.461 e. The predicted molar refractivity (Wildman–Crippen MR) is 65.1 cm³/mol. The average molecular weight is 225 g/mol. The van der Waals surface area contributed by atoms with Crippen molar-refractivity contribution in [3.8, 4) is 0 Å². The normalized spacial score (nSPS) is 10.9. The van der Waals surface area contributed by atoms with Crippen LogP contribution in [0.1, 0.15) is 16.2 Å². The molecule has 0 atom stereocenters. The number of carbonyl (C=O) groups excluding carboxylic acids is 1. The third kappa shape index (κ3) is 1.47. The van der Waals surface area contributed by atoms with Crippen LogP contribution in [0.4, 0.5) is 0 Å². The first-order valence-corrected chi connectivity index (χ1v) is 5.40. The van der Waals surface area contributed by atoms with Gasteiger partial charge in [0.15, 0.2) is 5.76 Å². The molecule has 2 heterocycles. The minimum atomic E-state index is -0.0892. The third-order valence-electron chi connectivity index (χ3n) is 2.93. The Morgan fingerprint density at radius 1 is 1.18 bits per heavy atom. The summed E-state index contributed by atoms with van der Waals surface area (Å²) in [6, 6.07) is 13.2. The van der Waals surface area contributed by atoms with Gasteiger partial charge >= 0.3 is 0 Å². The molecule has 84 valence electrons. The molecule has 0 radical (unpaired) electrons. The highest BCUT2D eigenvalue weighted by molar-refractivity contribution is 6.08. The molecule has 0 aliphatic rings. The number of rotatable bonds is 2. The molecule has 0 saturated heterocycles. The Balaban J connectivity index is 2.18. The van der Waals surface area contributed by atoms with E-state index in [2.05, 4.69) is 0 Å². The zero-order valence-corrected chi connectivity index (χ0v) is 9.38. The van der Waals surface area contributed by atoms with Crippen molar-refractivity contribution < 1.29 is 9.21 Å². The molecule has 0 amide bonds. The van der Waals surface area contributed by atoms with Gasteiger partial charge in [-0.15, -0.1) is 0 Å². The fourth-order valence-electron chi connectivity index (χ4n) is 2.04. The van der Waals surface area contributed by atoms with Gasteiger partial charge in [-0.05, 0) is 24.3 Å². The Kier molecular flexibility index (Phi) is 2.11. The SMILES string of the molecule is Cn1c(C(=O)c2ccco2)cc2ccccc21. The van der Waals surface area contributed by atoms with Gasteiger partial charge in [-0.25, -0.2) is 0 Å². The number of ketones is 1. The zero-order chi connectivity index (χ0) is 11.8. The lowest BCUT2D eigenvalue weighted by atomic mass is 10.2. The summed E-state index contributed by atoms with van der Waals surface area (Å²) in [4.78, 5) is 12.2. The van der Waals surface area contributed by atoms with Crippen LogP contribution in [-0.2, 0) is 7.05 Å². The van der Waals surface area contributed by atoms with Crippen molar-refractivity contribution in [3.05, 3.63) is 60.2 Å². The number of aryl methyl sites for hydroxylation is 1. The first kappa shape index (κ1) is 9.90. The lowest BCUT2D eigenvalue weighted by Gasteiger charge is -2.00. The van der Waals surface area contributed by atoms with E-state index < -0.39 is 0 Å². The van der Waals surface area contributed by atoms with Crippen molar-refractivity contribution in [2.75, 3.05) is 0 Å². The average Bonchev–Trinajstić information content (AvgIpc) is 2.97. The maximum Gasteiger partial charge on any atom is 0.244 e. The van der Waals surface area contributed by atoms with Gasteiger partial charge in [-0.1, -0.05) is 18.2 Å². The predicted octanol–water partition coefficient (Wildman–Crippen LogP) is 3.00. The number of hydrogen-bond acceptors (Lipinski definition) is 2. The quantitative estimate of drug-likeness (QED) is 0.628. The van der Waals surface area contributed by atoms with E-state index in [1.54, 1.807) is 12.1 Å². The van der Waals surface area contributed by atoms with Crippen LogP contribution in [0.2, 0.25) is 0 Å². The van der Waals surface area contributed by atoms with E-state index in [0.29, 0.717) is 11.5 Å². The van der Waals surface area contributed by atoms with Crippen LogP contribution in [0.25, 0.3) is 10.9 Å². The number of carbonyl (C=O) groups is 1. The summed E-state index contributed by atoms with van der Waals surface area (Å²) in [5.41, 5.74) is 1.68. The summed E-state index contributed by atoms with van der Waals surface area (Å²) in [5.74, 6) is 0.282. The van der Waals surface area contributed by atoms with E-state index in [4.69, 9.17) is 4.42 Å². The molecule has 0 aliphatic carbocycles. The van der Waals surface area contributed by atoms with Crippen molar-refractivity contribution in [1.82, 2.24) is 4.57 Å². The van der Waals surface area contributed by atoms with Crippen LogP contribution in [0.3, 0.4) is 0 Å².